The zero-order chi connectivity index (χ0) is 14.8. The molecule has 0 N–H and O–H groups in total. The van der Waals surface area contributed by atoms with Gasteiger partial charge in [-0.3, -0.25) is 4.79 Å². The maximum atomic E-state index is 14.0. The molecule has 1 heterocycles. The highest BCUT2D eigenvalue weighted by Crippen LogP contribution is 2.20. The molecule has 0 saturated heterocycles. The van der Waals surface area contributed by atoms with Gasteiger partial charge in [-0.1, -0.05) is 18.2 Å². The first-order valence-corrected chi connectivity index (χ1v) is 6.44. The minimum Gasteiger partial charge on any atom is -0.343 e. The molecule has 0 radical (unpaired) electrons. The van der Waals surface area contributed by atoms with Gasteiger partial charge in [-0.15, -0.1) is 0 Å². The molecule has 0 amide bonds. The van der Waals surface area contributed by atoms with Crippen LogP contribution in [-0.4, -0.2) is 10.9 Å². The van der Waals surface area contributed by atoms with Crippen LogP contribution in [0.25, 0.3) is 10.9 Å². The largest absolute Gasteiger partial charge is 0.343 e. The number of carbonyl (C=O) groups is 1. The molecule has 0 fully saturated rings. The molecule has 3 rings (SSSR count). The molecule has 1 aromatic heterocycles. The van der Waals surface area contributed by atoms with Gasteiger partial charge in [0.05, 0.1) is 18.2 Å². The lowest BCUT2D eigenvalue weighted by Crippen LogP contribution is -2.01. The molecule has 2 aromatic carbocycles. The van der Waals surface area contributed by atoms with Crippen LogP contribution in [0.2, 0.25) is 0 Å². The van der Waals surface area contributed by atoms with Crippen LogP contribution in [0, 0.1) is 17.1 Å². The molecule has 3 nitrogen and oxygen atoms in total. The first kappa shape index (κ1) is 13.1. The Morgan fingerprint density at radius 1 is 1.19 bits per heavy atom. The van der Waals surface area contributed by atoms with Crippen LogP contribution in [0.4, 0.5) is 4.39 Å². The predicted octanol–water partition coefficient (Wildman–Crippen LogP) is 3.51. The highest BCUT2D eigenvalue weighted by Gasteiger charge is 2.07. The molecule has 3 aromatic rings. The molecule has 0 spiro atoms. The van der Waals surface area contributed by atoms with Gasteiger partial charge in [0.15, 0.2) is 0 Å². The molecule has 0 aliphatic heterocycles. The summed E-state index contributed by atoms with van der Waals surface area (Å²) in [4.78, 5) is 10.9. The Morgan fingerprint density at radius 2 is 2.05 bits per heavy atom. The molecular formula is C17H11FN2O. The summed E-state index contributed by atoms with van der Waals surface area (Å²) in [6.45, 7) is 0.351. The van der Waals surface area contributed by atoms with Crippen molar-refractivity contribution in [2.45, 2.75) is 6.54 Å². The molecular weight excluding hydrogens is 267 g/mol. The van der Waals surface area contributed by atoms with Crippen molar-refractivity contribution < 1.29 is 9.18 Å². The highest BCUT2D eigenvalue weighted by molar-refractivity contribution is 5.87. The van der Waals surface area contributed by atoms with Crippen molar-refractivity contribution in [1.29, 1.82) is 5.26 Å². The maximum Gasteiger partial charge on any atom is 0.150 e. The van der Waals surface area contributed by atoms with E-state index in [0.717, 1.165) is 17.2 Å². The van der Waals surface area contributed by atoms with E-state index in [1.807, 2.05) is 29.0 Å². The zero-order valence-corrected chi connectivity index (χ0v) is 11.1. The summed E-state index contributed by atoms with van der Waals surface area (Å²) in [5, 5.41) is 9.75. The Hall–Kier alpha value is -2.93. The minimum atomic E-state index is -0.401. The molecule has 4 heteroatoms. The van der Waals surface area contributed by atoms with E-state index in [1.165, 1.54) is 6.07 Å². The third kappa shape index (κ3) is 2.41. The van der Waals surface area contributed by atoms with E-state index < -0.39 is 5.82 Å². The van der Waals surface area contributed by atoms with E-state index in [4.69, 9.17) is 5.26 Å². The molecule has 0 aliphatic carbocycles. The molecule has 0 bridgehead atoms. The first-order chi connectivity index (χ1) is 10.2. The monoisotopic (exact) mass is 278 g/mol. The first-order valence-electron chi connectivity index (χ1n) is 6.44. The van der Waals surface area contributed by atoms with Gasteiger partial charge >= 0.3 is 0 Å². The fraction of sp³-hybridized carbons (Fsp3) is 0.0588. The van der Waals surface area contributed by atoms with Gasteiger partial charge in [0.2, 0.25) is 0 Å². The molecule has 102 valence electrons. The molecule has 0 aliphatic rings. The third-order valence-corrected chi connectivity index (χ3v) is 3.46. The average molecular weight is 278 g/mol. The van der Waals surface area contributed by atoms with E-state index in [0.29, 0.717) is 23.2 Å². The fourth-order valence-corrected chi connectivity index (χ4v) is 2.34. The predicted molar refractivity (Wildman–Crippen MR) is 77.5 cm³/mol. The summed E-state index contributed by atoms with van der Waals surface area (Å²) in [6, 6.07) is 13.7. The molecule has 0 saturated carbocycles. The second kappa shape index (κ2) is 5.22. The second-order valence-corrected chi connectivity index (χ2v) is 4.80. The van der Waals surface area contributed by atoms with Gasteiger partial charge in [-0.25, -0.2) is 4.39 Å². The zero-order valence-electron chi connectivity index (χ0n) is 11.1. The lowest BCUT2D eigenvalue weighted by Gasteiger charge is -2.07. The van der Waals surface area contributed by atoms with Crippen LogP contribution in [0.3, 0.4) is 0 Å². The maximum absolute atomic E-state index is 14.0. The summed E-state index contributed by atoms with van der Waals surface area (Å²) in [6.07, 6.45) is 2.65. The Morgan fingerprint density at radius 3 is 2.76 bits per heavy atom. The van der Waals surface area contributed by atoms with Crippen molar-refractivity contribution in [3.05, 3.63) is 71.2 Å². The quantitative estimate of drug-likeness (QED) is 0.688. The number of benzene rings is 2. The van der Waals surface area contributed by atoms with E-state index >= 15 is 0 Å². The van der Waals surface area contributed by atoms with Crippen molar-refractivity contribution in [3.63, 3.8) is 0 Å². The number of rotatable bonds is 3. The van der Waals surface area contributed by atoms with Crippen LogP contribution in [0.15, 0.2) is 48.7 Å². The normalized spacial score (nSPS) is 10.5. The number of halogens is 1. The summed E-state index contributed by atoms with van der Waals surface area (Å²) in [7, 11) is 0. The van der Waals surface area contributed by atoms with Crippen LogP contribution in [-0.2, 0) is 6.54 Å². The number of hydrogen-bond acceptors (Lipinski definition) is 2. The van der Waals surface area contributed by atoms with E-state index in [1.54, 1.807) is 24.3 Å². The Kier molecular flexibility index (Phi) is 3.25. The van der Waals surface area contributed by atoms with Crippen LogP contribution >= 0.6 is 0 Å². The second-order valence-electron chi connectivity index (χ2n) is 4.80. The van der Waals surface area contributed by atoms with Gasteiger partial charge in [0.1, 0.15) is 12.1 Å². The number of fused-ring (bicyclic) bond motifs is 1. The van der Waals surface area contributed by atoms with E-state index in [2.05, 4.69) is 0 Å². The Labute approximate surface area is 120 Å². The minimum absolute atomic E-state index is 0.303. The number of carbonyl (C=O) groups excluding carboxylic acids is 1. The summed E-state index contributed by atoms with van der Waals surface area (Å²) in [5.74, 6) is -0.401. The standard InChI is InChI=1S/C17H11FN2O/c18-16-7-12(9-19)1-4-15(16)10-20-6-5-14-3-2-13(11-21)8-17(14)20/h1-8,11H,10H2. The van der Waals surface area contributed by atoms with Gasteiger partial charge in [-0.05, 0) is 29.7 Å². The SMILES string of the molecule is N#Cc1ccc(Cn2ccc3ccc(C=O)cc32)c(F)c1. The summed E-state index contributed by atoms with van der Waals surface area (Å²) < 4.78 is 15.8. The van der Waals surface area contributed by atoms with Crippen LogP contribution in [0.5, 0.6) is 0 Å². The smallest absolute Gasteiger partial charge is 0.150 e. The van der Waals surface area contributed by atoms with Crippen molar-refractivity contribution in [2.75, 3.05) is 0 Å². The molecule has 0 unspecified atom stereocenters. The van der Waals surface area contributed by atoms with Crippen molar-refractivity contribution in [3.8, 4) is 6.07 Å². The Bertz CT molecular complexity index is 874. The number of aromatic nitrogens is 1. The van der Waals surface area contributed by atoms with Crippen LogP contribution in [0.1, 0.15) is 21.5 Å². The number of nitriles is 1. The number of nitrogens with zero attached hydrogens (tertiary/aromatic N) is 2. The van der Waals surface area contributed by atoms with Crippen LogP contribution < -0.4 is 0 Å². The van der Waals surface area contributed by atoms with Crippen molar-refractivity contribution in [2.24, 2.45) is 0 Å². The van der Waals surface area contributed by atoms with Crippen molar-refractivity contribution >= 4 is 17.2 Å². The fourth-order valence-electron chi connectivity index (χ4n) is 2.34. The van der Waals surface area contributed by atoms with Gasteiger partial charge < -0.3 is 4.57 Å². The lowest BCUT2D eigenvalue weighted by atomic mass is 10.1. The van der Waals surface area contributed by atoms with E-state index in [9.17, 15) is 9.18 Å². The van der Waals surface area contributed by atoms with Gasteiger partial charge in [0.25, 0.3) is 0 Å². The highest BCUT2D eigenvalue weighted by atomic mass is 19.1. The summed E-state index contributed by atoms with van der Waals surface area (Å²) >= 11 is 0. The third-order valence-electron chi connectivity index (χ3n) is 3.46. The molecule has 21 heavy (non-hydrogen) atoms. The number of hydrogen-bond donors (Lipinski definition) is 0. The Balaban J connectivity index is 2.02. The van der Waals surface area contributed by atoms with Gasteiger partial charge in [0, 0.05) is 22.8 Å². The van der Waals surface area contributed by atoms with Gasteiger partial charge in [-0.2, -0.15) is 5.26 Å². The molecule has 0 atom stereocenters. The average Bonchev–Trinajstić information content (AvgIpc) is 2.91. The lowest BCUT2D eigenvalue weighted by molar-refractivity contribution is 0.112. The number of aldehydes is 1. The van der Waals surface area contributed by atoms with E-state index in [-0.39, 0.29) is 0 Å². The van der Waals surface area contributed by atoms with Crippen molar-refractivity contribution in [1.82, 2.24) is 4.57 Å². The summed E-state index contributed by atoms with van der Waals surface area (Å²) in [5.41, 5.74) is 2.27. The topological polar surface area (TPSA) is 45.8 Å².